The zero-order valence-corrected chi connectivity index (χ0v) is 11.7. The molecule has 2 atom stereocenters. The van der Waals surface area contributed by atoms with E-state index in [1.165, 1.54) is 6.07 Å². The Morgan fingerprint density at radius 3 is 2.85 bits per heavy atom. The molecule has 0 spiro atoms. The summed E-state index contributed by atoms with van der Waals surface area (Å²) in [4.78, 5) is 12.0. The van der Waals surface area contributed by atoms with E-state index in [1.54, 1.807) is 18.2 Å². The second kappa shape index (κ2) is 6.33. The van der Waals surface area contributed by atoms with Gasteiger partial charge in [0, 0.05) is 18.7 Å². The standard InChI is InChI=1S/C15H21FN2O2/c1-2-15(14(17)19,12-7-3-4-8-13(12)16)18-10-11-6-5-9-20-11/h3-4,7-8,11,18H,2,5-6,9-10H2,1H3,(H2,17,19). The predicted octanol–water partition coefficient (Wildman–Crippen LogP) is 1.68. The zero-order chi connectivity index (χ0) is 14.6. The first-order chi connectivity index (χ1) is 9.60. The van der Waals surface area contributed by atoms with Crippen LogP contribution in [-0.2, 0) is 15.1 Å². The van der Waals surface area contributed by atoms with Crippen molar-refractivity contribution in [1.29, 1.82) is 0 Å². The summed E-state index contributed by atoms with van der Waals surface area (Å²) in [6.07, 6.45) is 2.41. The van der Waals surface area contributed by atoms with Crippen molar-refractivity contribution >= 4 is 5.91 Å². The lowest BCUT2D eigenvalue weighted by Crippen LogP contribution is -2.54. The third-order valence-corrected chi connectivity index (χ3v) is 3.94. The fourth-order valence-corrected chi connectivity index (χ4v) is 2.71. The summed E-state index contributed by atoms with van der Waals surface area (Å²) in [7, 11) is 0. The molecule has 1 saturated heterocycles. The molecular weight excluding hydrogens is 259 g/mol. The second-order valence-electron chi connectivity index (χ2n) is 5.12. The lowest BCUT2D eigenvalue weighted by molar-refractivity contribution is -0.125. The summed E-state index contributed by atoms with van der Waals surface area (Å²) in [5.41, 5.74) is 4.67. The molecule has 1 aliphatic rings. The average molecular weight is 280 g/mol. The maximum Gasteiger partial charge on any atom is 0.242 e. The third kappa shape index (κ3) is 2.83. The van der Waals surface area contributed by atoms with E-state index in [0.29, 0.717) is 18.5 Å². The molecule has 1 aromatic carbocycles. The van der Waals surface area contributed by atoms with Crippen molar-refractivity contribution in [2.75, 3.05) is 13.2 Å². The minimum Gasteiger partial charge on any atom is -0.377 e. The highest BCUT2D eigenvalue weighted by molar-refractivity contribution is 5.86. The molecule has 110 valence electrons. The molecule has 1 aromatic rings. The largest absolute Gasteiger partial charge is 0.377 e. The van der Waals surface area contributed by atoms with E-state index in [1.807, 2.05) is 6.92 Å². The van der Waals surface area contributed by atoms with Crippen LogP contribution in [0.2, 0.25) is 0 Å². The van der Waals surface area contributed by atoms with Gasteiger partial charge in [0.15, 0.2) is 0 Å². The van der Waals surface area contributed by atoms with Crippen molar-refractivity contribution in [2.24, 2.45) is 5.73 Å². The molecule has 0 bridgehead atoms. The summed E-state index contributed by atoms with van der Waals surface area (Å²) >= 11 is 0. The van der Waals surface area contributed by atoms with Gasteiger partial charge in [-0.1, -0.05) is 25.1 Å². The van der Waals surface area contributed by atoms with Crippen LogP contribution in [0.5, 0.6) is 0 Å². The topological polar surface area (TPSA) is 64.3 Å². The lowest BCUT2D eigenvalue weighted by atomic mass is 9.85. The van der Waals surface area contributed by atoms with Gasteiger partial charge >= 0.3 is 0 Å². The maximum atomic E-state index is 14.1. The first-order valence-electron chi connectivity index (χ1n) is 7.01. The lowest BCUT2D eigenvalue weighted by Gasteiger charge is -2.32. The average Bonchev–Trinajstić information content (AvgIpc) is 2.94. The van der Waals surface area contributed by atoms with Crippen molar-refractivity contribution in [3.63, 3.8) is 0 Å². The molecule has 0 radical (unpaired) electrons. The number of carbonyl (C=O) groups excluding carboxylic acids is 1. The Labute approximate surface area is 118 Å². The van der Waals surface area contributed by atoms with E-state index in [2.05, 4.69) is 5.32 Å². The number of hydrogen-bond donors (Lipinski definition) is 2. The number of halogens is 1. The molecule has 1 fully saturated rings. The predicted molar refractivity (Wildman–Crippen MR) is 74.5 cm³/mol. The highest BCUT2D eigenvalue weighted by Gasteiger charge is 2.39. The summed E-state index contributed by atoms with van der Waals surface area (Å²) in [5, 5.41) is 3.14. The van der Waals surface area contributed by atoms with Gasteiger partial charge in [0.2, 0.25) is 5.91 Å². The Balaban J connectivity index is 2.25. The molecule has 0 saturated carbocycles. The van der Waals surface area contributed by atoms with Gasteiger partial charge in [-0.25, -0.2) is 4.39 Å². The van der Waals surface area contributed by atoms with Gasteiger partial charge in [0.1, 0.15) is 11.4 Å². The molecule has 4 nitrogen and oxygen atoms in total. The number of primary amides is 1. The van der Waals surface area contributed by atoms with Crippen LogP contribution < -0.4 is 11.1 Å². The van der Waals surface area contributed by atoms with E-state index in [-0.39, 0.29) is 6.10 Å². The van der Waals surface area contributed by atoms with Crippen LogP contribution >= 0.6 is 0 Å². The fraction of sp³-hybridized carbons (Fsp3) is 0.533. The molecule has 3 N–H and O–H groups in total. The Morgan fingerprint density at radius 2 is 2.30 bits per heavy atom. The van der Waals surface area contributed by atoms with Gasteiger partial charge in [0.25, 0.3) is 0 Å². The molecular formula is C15H21FN2O2. The van der Waals surface area contributed by atoms with Gasteiger partial charge in [0.05, 0.1) is 6.10 Å². The molecule has 2 rings (SSSR count). The number of nitrogens with one attached hydrogen (secondary N) is 1. The van der Waals surface area contributed by atoms with Crippen molar-refractivity contribution in [2.45, 2.75) is 37.8 Å². The number of amides is 1. The van der Waals surface area contributed by atoms with Crippen LogP contribution in [0.4, 0.5) is 4.39 Å². The van der Waals surface area contributed by atoms with E-state index in [4.69, 9.17) is 10.5 Å². The Bertz CT molecular complexity index is 475. The molecule has 1 heterocycles. The van der Waals surface area contributed by atoms with E-state index in [0.717, 1.165) is 19.4 Å². The van der Waals surface area contributed by atoms with Gasteiger partial charge < -0.3 is 10.5 Å². The van der Waals surface area contributed by atoms with Crippen LogP contribution in [0.15, 0.2) is 24.3 Å². The quantitative estimate of drug-likeness (QED) is 0.833. The van der Waals surface area contributed by atoms with E-state index >= 15 is 0 Å². The van der Waals surface area contributed by atoms with Crippen LogP contribution in [-0.4, -0.2) is 25.2 Å². The Morgan fingerprint density at radius 1 is 1.55 bits per heavy atom. The number of nitrogens with two attached hydrogens (primary N) is 1. The smallest absolute Gasteiger partial charge is 0.242 e. The fourth-order valence-electron chi connectivity index (χ4n) is 2.71. The maximum absolute atomic E-state index is 14.1. The highest BCUT2D eigenvalue weighted by atomic mass is 19.1. The van der Waals surface area contributed by atoms with Crippen LogP contribution in [0, 0.1) is 5.82 Å². The Kier molecular flexibility index (Phi) is 4.73. The molecule has 20 heavy (non-hydrogen) atoms. The minimum atomic E-state index is -1.18. The molecule has 1 amide bonds. The van der Waals surface area contributed by atoms with E-state index in [9.17, 15) is 9.18 Å². The van der Waals surface area contributed by atoms with Crippen molar-refractivity contribution < 1.29 is 13.9 Å². The molecule has 1 aliphatic heterocycles. The summed E-state index contributed by atoms with van der Waals surface area (Å²) in [5.74, 6) is -0.990. The number of ether oxygens (including phenoxy) is 1. The molecule has 5 heteroatoms. The van der Waals surface area contributed by atoms with Crippen molar-refractivity contribution in [3.05, 3.63) is 35.6 Å². The van der Waals surface area contributed by atoms with E-state index < -0.39 is 17.3 Å². The van der Waals surface area contributed by atoms with Gasteiger partial charge in [-0.15, -0.1) is 0 Å². The van der Waals surface area contributed by atoms with Gasteiger partial charge in [-0.2, -0.15) is 0 Å². The number of carbonyl (C=O) groups is 1. The van der Waals surface area contributed by atoms with Gasteiger partial charge in [-0.05, 0) is 25.3 Å². The molecule has 0 aliphatic carbocycles. The van der Waals surface area contributed by atoms with Crippen molar-refractivity contribution in [3.8, 4) is 0 Å². The third-order valence-electron chi connectivity index (χ3n) is 3.94. The number of benzene rings is 1. The minimum absolute atomic E-state index is 0.0621. The summed E-state index contributed by atoms with van der Waals surface area (Å²) in [6, 6.07) is 6.25. The first-order valence-corrected chi connectivity index (χ1v) is 7.01. The Hall–Kier alpha value is -1.46. The van der Waals surface area contributed by atoms with Crippen LogP contribution in [0.1, 0.15) is 31.7 Å². The van der Waals surface area contributed by atoms with Crippen LogP contribution in [0.25, 0.3) is 0 Å². The molecule has 0 aromatic heterocycles. The van der Waals surface area contributed by atoms with Crippen LogP contribution in [0.3, 0.4) is 0 Å². The summed E-state index contributed by atoms with van der Waals surface area (Å²) < 4.78 is 19.6. The summed E-state index contributed by atoms with van der Waals surface area (Å²) in [6.45, 7) is 3.05. The second-order valence-corrected chi connectivity index (χ2v) is 5.12. The monoisotopic (exact) mass is 280 g/mol. The normalized spacial score (nSPS) is 21.6. The highest BCUT2D eigenvalue weighted by Crippen LogP contribution is 2.28. The zero-order valence-electron chi connectivity index (χ0n) is 11.7. The van der Waals surface area contributed by atoms with Gasteiger partial charge in [-0.3, -0.25) is 10.1 Å². The number of hydrogen-bond acceptors (Lipinski definition) is 3. The first kappa shape index (κ1) is 14.9. The van der Waals surface area contributed by atoms with Crippen molar-refractivity contribution in [1.82, 2.24) is 5.32 Å². The number of rotatable bonds is 6. The SMILES string of the molecule is CCC(NCC1CCCO1)(C(N)=O)c1ccccc1F. The molecule has 2 unspecified atom stereocenters.